The average molecular weight is 661 g/mol. The number of rotatable bonds is 5. The third-order valence-corrected chi connectivity index (χ3v) is 8.08. The van der Waals surface area contributed by atoms with Crippen LogP contribution in [0.15, 0.2) is 45.6 Å². The molecule has 0 saturated carbocycles. The minimum atomic E-state index is -6.60. The van der Waals surface area contributed by atoms with Crippen molar-refractivity contribution in [3.8, 4) is 28.2 Å². The van der Waals surface area contributed by atoms with Crippen molar-refractivity contribution in [2.24, 2.45) is 0 Å². The van der Waals surface area contributed by atoms with E-state index in [2.05, 4.69) is 4.18 Å². The molecular weight excluding hydrogens is 641 g/mol. The number of carbonyl (C=O) groups is 2. The maximum Gasteiger partial charge on any atom is 0.534 e. The Bertz CT molecular complexity index is 2000. The molecule has 5 rings (SSSR count). The maximum absolute atomic E-state index is 15.6. The zero-order chi connectivity index (χ0) is 33.0. The Balaban J connectivity index is 1.76. The first-order valence-electron chi connectivity index (χ1n) is 13.0. The van der Waals surface area contributed by atoms with Crippen LogP contribution in [0.3, 0.4) is 0 Å². The molecule has 1 aliphatic carbocycles. The van der Waals surface area contributed by atoms with Crippen LogP contribution in [-0.2, 0) is 14.9 Å². The van der Waals surface area contributed by atoms with Crippen LogP contribution >= 0.6 is 0 Å². The quantitative estimate of drug-likeness (QED) is 0.128. The summed E-state index contributed by atoms with van der Waals surface area (Å²) in [5.41, 5.74) is -10.6. The van der Waals surface area contributed by atoms with Gasteiger partial charge < -0.3 is 18.4 Å². The van der Waals surface area contributed by atoms with E-state index in [0.29, 0.717) is 12.1 Å². The number of piperazine rings is 1. The molecule has 2 amide bonds. The Hall–Kier alpha value is -4.67. The first-order valence-corrected chi connectivity index (χ1v) is 14.4. The normalized spacial score (nSPS) is 14.3. The molecule has 9 nitrogen and oxygen atoms in total. The molecule has 0 bridgehead atoms. The second-order valence-electron chi connectivity index (χ2n) is 9.79. The highest BCUT2D eigenvalue weighted by Crippen LogP contribution is 2.45. The first kappa shape index (κ1) is 31.7. The number of alkyl halides is 3. The van der Waals surface area contributed by atoms with E-state index in [4.69, 9.17) is 4.42 Å². The average Bonchev–Trinajstić information content (AvgIpc) is 3.00. The molecule has 2 heterocycles. The molecule has 1 fully saturated rings. The Morgan fingerprint density at radius 3 is 2.16 bits per heavy atom. The maximum atomic E-state index is 15.6. The van der Waals surface area contributed by atoms with E-state index in [1.165, 1.54) is 29.2 Å². The Morgan fingerprint density at radius 1 is 0.911 bits per heavy atom. The van der Waals surface area contributed by atoms with Gasteiger partial charge in [0.1, 0.15) is 0 Å². The van der Waals surface area contributed by atoms with Crippen LogP contribution in [0.2, 0.25) is 0 Å². The molecule has 0 spiro atoms. The molecular formula is C28H19F7N2O7S. The van der Waals surface area contributed by atoms with Crippen molar-refractivity contribution in [1.29, 1.82) is 0 Å². The standard InChI is InChI=1S/C28H19F7N2O7S/c1-2-19(38)36-7-9-37(10-8-36)27(40)14-6-4-3-5-13(14)20-15-11-17(29)23(39)21(31)24(15)43-25-16(20)12-18(30)26(22(25)32)44-45(41,42)28(33,34)35/h3-6,11-12H,2,7-10H2,1H3. The van der Waals surface area contributed by atoms with Crippen molar-refractivity contribution in [2.75, 3.05) is 26.2 Å². The zero-order valence-electron chi connectivity index (χ0n) is 22.8. The summed E-state index contributed by atoms with van der Waals surface area (Å²) in [4.78, 5) is 40.7. The minimum Gasteiger partial charge on any atom is -0.450 e. The van der Waals surface area contributed by atoms with Crippen molar-refractivity contribution >= 4 is 32.9 Å². The number of carbonyl (C=O) groups excluding carboxylic acids is 2. The molecule has 1 saturated heterocycles. The predicted octanol–water partition coefficient (Wildman–Crippen LogP) is 5.04. The van der Waals surface area contributed by atoms with Crippen LogP contribution < -0.4 is 9.61 Å². The Kier molecular flexibility index (Phi) is 8.01. The highest BCUT2D eigenvalue weighted by molar-refractivity contribution is 7.88. The summed E-state index contributed by atoms with van der Waals surface area (Å²) >= 11 is 0. The van der Waals surface area contributed by atoms with Crippen LogP contribution in [0.4, 0.5) is 30.7 Å². The van der Waals surface area contributed by atoms with Crippen molar-refractivity contribution < 1.29 is 57.3 Å². The number of nitrogens with zero attached hydrogens (tertiary/aromatic N) is 2. The van der Waals surface area contributed by atoms with E-state index >= 15 is 13.2 Å². The van der Waals surface area contributed by atoms with Crippen LogP contribution in [0.25, 0.3) is 33.4 Å². The summed E-state index contributed by atoms with van der Waals surface area (Å²) in [6.07, 6.45) is 0.246. The van der Waals surface area contributed by atoms with Crippen molar-refractivity contribution in [3.05, 3.63) is 75.5 Å². The second-order valence-corrected chi connectivity index (χ2v) is 11.3. The fraction of sp³-hybridized carbons (Fsp3) is 0.250. The van der Waals surface area contributed by atoms with Gasteiger partial charge in [-0.3, -0.25) is 14.4 Å². The van der Waals surface area contributed by atoms with Gasteiger partial charge in [0, 0.05) is 54.7 Å². The van der Waals surface area contributed by atoms with Crippen molar-refractivity contribution in [3.63, 3.8) is 0 Å². The number of hydrogen-bond acceptors (Lipinski definition) is 7. The van der Waals surface area contributed by atoms with Gasteiger partial charge in [-0.1, -0.05) is 25.1 Å². The van der Waals surface area contributed by atoms with Gasteiger partial charge in [-0.15, -0.1) is 0 Å². The monoisotopic (exact) mass is 660 g/mol. The highest BCUT2D eigenvalue weighted by atomic mass is 32.2. The Morgan fingerprint density at radius 2 is 1.53 bits per heavy atom. The lowest BCUT2D eigenvalue weighted by Crippen LogP contribution is -2.50. The summed E-state index contributed by atoms with van der Waals surface area (Å²) in [5, 5.41) is -0.703. The highest BCUT2D eigenvalue weighted by Gasteiger charge is 2.49. The van der Waals surface area contributed by atoms with E-state index < -0.39 is 83.8 Å². The van der Waals surface area contributed by atoms with Gasteiger partial charge in [-0.2, -0.15) is 30.4 Å². The van der Waals surface area contributed by atoms with Gasteiger partial charge in [0.2, 0.25) is 23.3 Å². The smallest absolute Gasteiger partial charge is 0.450 e. The van der Waals surface area contributed by atoms with Gasteiger partial charge in [0.25, 0.3) is 11.3 Å². The third kappa shape index (κ3) is 5.44. The minimum absolute atomic E-state index is 0.0883. The van der Waals surface area contributed by atoms with Crippen LogP contribution in [0, 0.1) is 23.3 Å². The summed E-state index contributed by atoms with van der Waals surface area (Å²) in [6, 6.07) is 6.10. The Labute approximate surface area is 248 Å². The molecule has 0 aromatic heterocycles. The number of amides is 2. The lowest BCUT2D eigenvalue weighted by molar-refractivity contribution is -0.132. The zero-order valence-corrected chi connectivity index (χ0v) is 23.6. The molecule has 0 radical (unpaired) electrons. The molecule has 0 unspecified atom stereocenters. The van der Waals surface area contributed by atoms with E-state index in [1.807, 2.05) is 0 Å². The molecule has 3 aliphatic rings. The number of hydrogen-bond donors (Lipinski definition) is 0. The fourth-order valence-electron chi connectivity index (χ4n) is 4.95. The van der Waals surface area contributed by atoms with Crippen LogP contribution in [0.5, 0.6) is 5.75 Å². The summed E-state index contributed by atoms with van der Waals surface area (Å²) < 4.78 is 131. The number of halogens is 7. The van der Waals surface area contributed by atoms with Crippen LogP contribution in [-0.4, -0.2) is 61.7 Å². The molecule has 45 heavy (non-hydrogen) atoms. The van der Waals surface area contributed by atoms with Gasteiger partial charge in [0.05, 0.1) is 0 Å². The lowest BCUT2D eigenvalue weighted by atomic mass is 9.90. The SMILES string of the molecule is CCC(=O)N1CCN(C(=O)c2ccccc2-c2c3cc(F)c(=O)c(F)c-3oc3c(F)c(OS(=O)(=O)C(F)(F)F)c(F)cc23)CC1. The van der Waals surface area contributed by atoms with Crippen molar-refractivity contribution in [1.82, 2.24) is 9.80 Å². The molecule has 2 aliphatic heterocycles. The van der Waals surface area contributed by atoms with Gasteiger partial charge in [0.15, 0.2) is 23.0 Å². The van der Waals surface area contributed by atoms with Crippen LogP contribution in [0.1, 0.15) is 23.7 Å². The predicted molar refractivity (Wildman–Crippen MR) is 143 cm³/mol. The summed E-state index contributed by atoms with van der Waals surface area (Å²) in [5.74, 6) is -11.7. The van der Waals surface area contributed by atoms with Crippen molar-refractivity contribution in [2.45, 2.75) is 18.9 Å². The van der Waals surface area contributed by atoms with Gasteiger partial charge in [-0.05, 0) is 23.8 Å². The first-order chi connectivity index (χ1) is 21.1. The number of fused-ring (bicyclic) bond motifs is 2. The molecule has 2 aromatic rings. The molecule has 0 N–H and O–H groups in total. The van der Waals surface area contributed by atoms with E-state index in [1.54, 1.807) is 11.8 Å². The van der Waals surface area contributed by atoms with Gasteiger partial charge in [-0.25, -0.2) is 8.78 Å². The third-order valence-electron chi connectivity index (χ3n) is 7.13. The summed E-state index contributed by atoms with van der Waals surface area (Å²) in [6.45, 7) is 2.24. The topological polar surface area (TPSA) is 114 Å². The fourth-order valence-corrected chi connectivity index (χ4v) is 5.42. The largest absolute Gasteiger partial charge is 0.534 e. The van der Waals surface area contributed by atoms with E-state index in [9.17, 15) is 40.4 Å². The second kappa shape index (κ2) is 11.4. The van der Waals surface area contributed by atoms with Gasteiger partial charge >= 0.3 is 15.6 Å². The summed E-state index contributed by atoms with van der Waals surface area (Å²) in [7, 11) is -6.60. The lowest BCUT2D eigenvalue weighted by Gasteiger charge is -2.35. The molecule has 0 atom stereocenters. The number of benzene rings is 3. The van der Waals surface area contributed by atoms with E-state index in [-0.39, 0.29) is 49.6 Å². The molecule has 2 aromatic carbocycles. The molecule has 17 heteroatoms. The molecule has 238 valence electrons. The van der Waals surface area contributed by atoms with E-state index in [0.717, 1.165) is 0 Å².